The van der Waals surface area contributed by atoms with Gasteiger partial charge < -0.3 is 15.0 Å². The van der Waals surface area contributed by atoms with Crippen LogP contribution in [0, 0.1) is 49.4 Å². The molecule has 0 aliphatic heterocycles. The first-order chi connectivity index (χ1) is 1.73. The Hall–Kier alpha value is 0.854. The molecule has 5 heavy (non-hydrogen) atoms. The van der Waals surface area contributed by atoms with Crippen molar-refractivity contribution < 1.29 is 64.4 Å². The van der Waals surface area contributed by atoms with Crippen LogP contribution in [0.4, 0.5) is 4.79 Å². The molecule has 4 heteroatoms. The summed E-state index contributed by atoms with van der Waals surface area (Å²) in [6, 6.07) is 0. The number of carboxylic acid groups (broad SMARTS) is 2. The maximum atomic E-state index is 8.33. The largest absolute Gasteiger partial charge is 2.00 e. The second-order valence-electron chi connectivity index (χ2n) is 0.250. The number of rotatable bonds is 0. The van der Waals surface area contributed by atoms with Crippen molar-refractivity contribution in [1.82, 2.24) is 0 Å². The van der Waals surface area contributed by atoms with Gasteiger partial charge in [-0.1, -0.05) is 0 Å². The molecular formula is CEuO3. The van der Waals surface area contributed by atoms with Crippen molar-refractivity contribution in [1.29, 1.82) is 0 Å². The van der Waals surface area contributed by atoms with Crippen molar-refractivity contribution in [2.45, 2.75) is 0 Å². The van der Waals surface area contributed by atoms with Crippen molar-refractivity contribution in [3.8, 4) is 0 Å². The fourth-order valence-electron chi connectivity index (χ4n) is 0. The minimum atomic E-state index is -2.33. The smallest absolute Gasteiger partial charge is 0.652 e. The first kappa shape index (κ1) is 9.29. The molecule has 29 valence electrons. The zero-order chi connectivity index (χ0) is 3.58. The van der Waals surface area contributed by atoms with Gasteiger partial charge in [-0.2, -0.15) is 0 Å². The minimum absolute atomic E-state index is 0. The summed E-state index contributed by atoms with van der Waals surface area (Å²) in [4.78, 5) is 8.33. The van der Waals surface area contributed by atoms with E-state index in [1.165, 1.54) is 0 Å². The Bertz CT molecular complexity index is 29.9. The Balaban J connectivity index is 0. The van der Waals surface area contributed by atoms with Gasteiger partial charge in [0.2, 0.25) is 0 Å². The third kappa shape index (κ3) is 54.2. The van der Waals surface area contributed by atoms with E-state index in [-0.39, 0.29) is 49.4 Å². The predicted molar refractivity (Wildman–Crippen MR) is 5.40 cm³/mol. The molecule has 0 amide bonds. The van der Waals surface area contributed by atoms with Gasteiger partial charge in [-0.25, -0.2) is 0 Å². The van der Waals surface area contributed by atoms with Crippen molar-refractivity contribution in [3.63, 3.8) is 0 Å². The van der Waals surface area contributed by atoms with E-state index >= 15 is 0 Å². The molecule has 0 aromatic carbocycles. The van der Waals surface area contributed by atoms with Crippen LogP contribution in [0.1, 0.15) is 0 Å². The van der Waals surface area contributed by atoms with E-state index < -0.39 is 6.16 Å². The predicted octanol–water partition coefficient (Wildman–Crippen LogP) is -2.45. The van der Waals surface area contributed by atoms with Gasteiger partial charge in [0.05, 0.1) is 0 Å². The Morgan fingerprint density at radius 2 is 1.40 bits per heavy atom. The molecule has 0 aromatic heterocycles. The van der Waals surface area contributed by atoms with Crippen molar-refractivity contribution in [2.75, 3.05) is 0 Å². The Morgan fingerprint density at radius 1 is 1.40 bits per heavy atom. The summed E-state index contributed by atoms with van der Waals surface area (Å²) in [5, 5.41) is 16.7. The van der Waals surface area contributed by atoms with Gasteiger partial charge in [-0.05, 0) is 6.16 Å². The fraction of sp³-hybridized carbons (Fsp3) is 0. The zero-order valence-corrected chi connectivity index (χ0v) is 4.53. The molecule has 0 heterocycles. The zero-order valence-electron chi connectivity index (χ0n) is 2.10. The van der Waals surface area contributed by atoms with Gasteiger partial charge >= 0.3 is 49.4 Å². The summed E-state index contributed by atoms with van der Waals surface area (Å²) in [7, 11) is 0. The van der Waals surface area contributed by atoms with Gasteiger partial charge in [-0.15, -0.1) is 0 Å². The quantitative estimate of drug-likeness (QED) is 0.447. The number of hydrogen-bond acceptors (Lipinski definition) is 3. The van der Waals surface area contributed by atoms with Crippen LogP contribution in [0.2, 0.25) is 0 Å². The maximum Gasteiger partial charge on any atom is 2.00 e. The van der Waals surface area contributed by atoms with Gasteiger partial charge in [0, 0.05) is 0 Å². The molecule has 0 unspecified atom stereocenters. The second-order valence-corrected chi connectivity index (χ2v) is 0.250. The molecule has 0 fully saturated rings. The Kier molecular flexibility index (Phi) is 9.02. The van der Waals surface area contributed by atoms with E-state index in [1.54, 1.807) is 0 Å². The average molecular weight is 212 g/mol. The van der Waals surface area contributed by atoms with Crippen molar-refractivity contribution >= 4 is 6.16 Å². The Morgan fingerprint density at radius 3 is 1.40 bits per heavy atom. The summed E-state index contributed by atoms with van der Waals surface area (Å²) < 4.78 is 0. The van der Waals surface area contributed by atoms with E-state index in [4.69, 9.17) is 15.0 Å². The summed E-state index contributed by atoms with van der Waals surface area (Å²) >= 11 is 0. The molecular weight excluding hydrogens is 212 g/mol. The summed E-state index contributed by atoms with van der Waals surface area (Å²) in [6.45, 7) is 0. The number of hydrogen-bond donors (Lipinski definition) is 0. The van der Waals surface area contributed by atoms with Crippen LogP contribution in [0.5, 0.6) is 0 Å². The molecule has 0 spiro atoms. The van der Waals surface area contributed by atoms with Crippen molar-refractivity contribution in [3.05, 3.63) is 0 Å². The van der Waals surface area contributed by atoms with Crippen LogP contribution in [0.15, 0.2) is 0 Å². The van der Waals surface area contributed by atoms with Gasteiger partial charge in [0.1, 0.15) is 0 Å². The van der Waals surface area contributed by atoms with Crippen LogP contribution in [-0.2, 0) is 0 Å². The first-order valence-corrected chi connectivity index (χ1v) is 0.612. The topological polar surface area (TPSA) is 63.2 Å². The van der Waals surface area contributed by atoms with Crippen LogP contribution in [0.25, 0.3) is 0 Å². The molecule has 0 aliphatic carbocycles. The number of carbonyl (C=O) groups excluding carboxylic acids is 1. The molecule has 0 saturated carbocycles. The normalized spacial score (nSPS) is 4.80. The summed E-state index contributed by atoms with van der Waals surface area (Å²) in [6.07, 6.45) is -2.33. The van der Waals surface area contributed by atoms with E-state index in [9.17, 15) is 0 Å². The SMILES string of the molecule is O=C([O-])[O-].[Eu+2]. The fourth-order valence-corrected chi connectivity index (χ4v) is 0. The molecule has 0 saturated heterocycles. The summed E-state index contributed by atoms with van der Waals surface area (Å²) in [5.41, 5.74) is 0. The van der Waals surface area contributed by atoms with Crippen LogP contribution in [0.3, 0.4) is 0 Å². The molecule has 0 atom stereocenters. The molecule has 0 aromatic rings. The van der Waals surface area contributed by atoms with Crippen LogP contribution in [-0.4, -0.2) is 6.16 Å². The van der Waals surface area contributed by atoms with Crippen LogP contribution < -0.4 is 10.2 Å². The average Bonchev–Trinajstić information content (AvgIpc) is 0.811. The molecule has 0 bridgehead atoms. The third-order valence-electron chi connectivity index (χ3n) is 0. The molecule has 3 nitrogen and oxygen atoms in total. The molecule has 1 radical (unpaired) electrons. The van der Waals surface area contributed by atoms with Gasteiger partial charge in [-0.3, -0.25) is 0 Å². The van der Waals surface area contributed by atoms with E-state index in [0.717, 1.165) is 0 Å². The molecule has 0 aliphatic rings. The molecule has 0 N–H and O–H groups in total. The van der Waals surface area contributed by atoms with Crippen molar-refractivity contribution in [2.24, 2.45) is 0 Å². The molecule has 0 rings (SSSR count). The number of carbonyl (C=O) groups is 1. The third-order valence-corrected chi connectivity index (χ3v) is 0. The van der Waals surface area contributed by atoms with Gasteiger partial charge in [0.25, 0.3) is 0 Å². The van der Waals surface area contributed by atoms with E-state index in [2.05, 4.69) is 0 Å². The monoisotopic (exact) mass is 213 g/mol. The minimum Gasteiger partial charge on any atom is -0.652 e. The standard InChI is InChI=1S/CH2O3.Eu/c2-1(3)4;/h(H2,2,3,4);/q;+2/p-2. The van der Waals surface area contributed by atoms with Crippen LogP contribution >= 0.6 is 0 Å². The van der Waals surface area contributed by atoms with Gasteiger partial charge in [0.15, 0.2) is 0 Å². The second kappa shape index (κ2) is 4.85. The Labute approximate surface area is 69.5 Å². The summed E-state index contributed by atoms with van der Waals surface area (Å²) in [5.74, 6) is 0. The van der Waals surface area contributed by atoms with E-state index in [1.807, 2.05) is 0 Å². The van der Waals surface area contributed by atoms with E-state index in [0.29, 0.717) is 0 Å². The first-order valence-electron chi connectivity index (χ1n) is 0.612. The maximum absolute atomic E-state index is 8.33.